The van der Waals surface area contributed by atoms with Gasteiger partial charge in [0.05, 0.1) is 18.5 Å². The molecular weight excluding hydrogens is 570 g/mol. The van der Waals surface area contributed by atoms with Gasteiger partial charge in [-0.1, -0.05) is 18.9 Å². The highest BCUT2D eigenvalue weighted by Crippen LogP contribution is 2.44. The van der Waals surface area contributed by atoms with Crippen molar-refractivity contribution in [2.75, 3.05) is 11.9 Å². The Kier molecular flexibility index (Phi) is 8.38. The van der Waals surface area contributed by atoms with Crippen molar-refractivity contribution in [3.8, 4) is 17.1 Å². The van der Waals surface area contributed by atoms with Crippen LogP contribution < -0.4 is 15.4 Å². The highest BCUT2D eigenvalue weighted by Gasteiger charge is 2.45. The van der Waals surface area contributed by atoms with E-state index in [1.54, 1.807) is 36.8 Å². The molecule has 45 heavy (non-hydrogen) atoms. The third kappa shape index (κ3) is 5.92. The topological polar surface area (TPSA) is 135 Å². The number of carbonyl (C=O) groups is 3. The third-order valence-electron chi connectivity index (χ3n) is 9.04. The Morgan fingerprint density at radius 3 is 2.56 bits per heavy atom. The molecule has 6 rings (SSSR count). The smallest absolute Gasteiger partial charge is 0.328 e. The highest BCUT2D eigenvalue weighted by atomic mass is 16.5. The van der Waals surface area contributed by atoms with Gasteiger partial charge in [-0.3, -0.25) is 19.6 Å². The summed E-state index contributed by atoms with van der Waals surface area (Å²) in [5, 5.41) is 16.1. The maximum absolute atomic E-state index is 13.7. The van der Waals surface area contributed by atoms with Crippen LogP contribution in [0.2, 0.25) is 0 Å². The van der Waals surface area contributed by atoms with E-state index in [9.17, 15) is 14.4 Å². The number of hydrogen-bond acceptors (Lipinski definition) is 6. The second-order valence-electron chi connectivity index (χ2n) is 11.8. The highest BCUT2D eigenvalue weighted by molar-refractivity contribution is 6.06. The molecule has 10 nitrogen and oxygen atoms in total. The summed E-state index contributed by atoms with van der Waals surface area (Å²) in [5.41, 5.74) is 4.59. The zero-order valence-electron chi connectivity index (χ0n) is 25.5. The van der Waals surface area contributed by atoms with Crippen molar-refractivity contribution in [1.29, 1.82) is 0 Å². The van der Waals surface area contributed by atoms with Crippen molar-refractivity contribution in [2.45, 2.75) is 63.3 Å². The molecule has 0 atom stereocenters. The molecule has 2 aromatic heterocycles. The lowest BCUT2D eigenvalue weighted by atomic mass is 9.75. The molecule has 2 amide bonds. The largest absolute Gasteiger partial charge is 0.493 e. The fraction of sp³-hybridized carbons (Fsp3) is 0.343. The molecule has 3 N–H and O–H groups in total. The second kappa shape index (κ2) is 12.6. The average Bonchev–Trinajstić information content (AvgIpc) is 3.65. The minimum absolute atomic E-state index is 0.299. The van der Waals surface area contributed by atoms with E-state index in [0.717, 1.165) is 47.6 Å². The van der Waals surface area contributed by atoms with Gasteiger partial charge in [-0.15, -0.1) is 0 Å². The summed E-state index contributed by atoms with van der Waals surface area (Å²) in [7, 11) is 2.01. The van der Waals surface area contributed by atoms with Gasteiger partial charge in [-0.2, -0.15) is 0 Å². The van der Waals surface area contributed by atoms with Crippen LogP contribution in [0.1, 0.15) is 79.3 Å². The van der Waals surface area contributed by atoms with Crippen molar-refractivity contribution in [2.24, 2.45) is 7.05 Å². The molecule has 0 aliphatic heterocycles. The molecule has 0 radical (unpaired) electrons. The van der Waals surface area contributed by atoms with Crippen molar-refractivity contribution in [3.63, 3.8) is 0 Å². The standard InChI is InChI=1S/C35H37N5O5/c1-3-45-29-20-25(12-9-22(29)11-14-30(41)42)38-34(44)35(15-6-16-35)39-33(43)24-10-13-26-28(19-24)40(2)32(27-21-36-17-18-37-27)31(26)23-7-4-5-8-23/h9-14,17-21,23H,3-8,15-16H2,1-2H3,(H,38,44)(H,39,43)(H,41,42)/b14-11+. The summed E-state index contributed by atoms with van der Waals surface area (Å²) >= 11 is 0. The van der Waals surface area contributed by atoms with Gasteiger partial charge in [-0.05, 0) is 80.9 Å². The third-order valence-corrected chi connectivity index (χ3v) is 9.04. The van der Waals surface area contributed by atoms with Crippen molar-refractivity contribution in [1.82, 2.24) is 19.9 Å². The van der Waals surface area contributed by atoms with Crippen LogP contribution in [0.4, 0.5) is 5.69 Å². The summed E-state index contributed by atoms with van der Waals surface area (Å²) in [4.78, 5) is 47.2. The molecule has 232 valence electrons. The van der Waals surface area contributed by atoms with Crippen molar-refractivity contribution in [3.05, 3.63) is 77.8 Å². The first kappa shape index (κ1) is 30.1. The summed E-state index contributed by atoms with van der Waals surface area (Å²) in [6, 6.07) is 10.8. The zero-order valence-corrected chi connectivity index (χ0v) is 25.5. The zero-order chi connectivity index (χ0) is 31.6. The van der Waals surface area contributed by atoms with E-state index in [0.29, 0.717) is 47.9 Å². The average molecular weight is 608 g/mol. The maximum Gasteiger partial charge on any atom is 0.328 e. The Labute approximate surface area is 261 Å². The van der Waals surface area contributed by atoms with Crippen molar-refractivity contribution < 1.29 is 24.2 Å². The molecule has 4 aromatic rings. The number of carbonyl (C=O) groups excluding carboxylic acids is 2. The summed E-state index contributed by atoms with van der Waals surface area (Å²) in [5.74, 6) is -0.789. The van der Waals surface area contributed by atoms with Crippen LogP contribution in [0.3, 0.4) is 0 Å². The van der Waals surface area contributed by atoms with E-state index in [1.165, 1.54) is 24.5 Å². The van der Waals surface area contributed by atoms with Gasteiger partial charge in [0.2, 0.25) is 5.91 Å². The summed E-state index contributed by atoms with van der Waals surface area (Å²) < 4.78 is 7.79. The number of anilines is 1. The molecule has 2 aliphatic rings. The Hall–Kier alpha value is -4.99. The first-order chi connectivity index (χ1) is 21.8. The number of rotatable bonds is 10. The summed E-state index contributed by atoms with van der Waals surface area (Å²) in [6.45, 7) is 2.20. The Bertz CT molecular complexity index is 1790. The number of carboxylic acid groups (broad SMARTS) is 1. The number of ether oxygens (including phenoxy) is 1. The van der Waals surface area contributed by atoms with Crippen LogP contribution in [0.15, 0.2) is 61.1 Å². The van der Waals surface area contributed by atoms with Gasteiger partial charge in [0.15, 0.2) is 0 Å². The number of amides is 2. The first-order valence-electron chi connectivity index (χ1n) is 15.5. The molecule has 2 aliphatic carbocycles. The molecule has 0 spiro atoms. The van der Waals surface area contributed by atoms with Crippen LogP contribution in [-0.2, 0) is 16.6 Å². The van der Waals surface area contributed by atoms with Crippen molar-refractivity contribution >= 4 is 40.4 Å². The van der Waals surface area contributed by atoms with Crippen LogP contribution in [0.5, 0.6) is 5.75 Å². The fourth-order valence-electron chi connectivity index (χ4n) is 6.64. The van der Waals surface area contributed by atoms with Crippen LogP contribution in [0, 0.1) is 0 Å². The maximum atomic E-state index is 13.7. The van der Waals surface area contributed by atoms with E-state index >= 15 is 0 Å². The number of aromatic nitrogens is 3. The van der Waals surface area contributed by atoms with Gasteiger partial charge in [-0.25, -0.2) is 4.79 Å². The lowest BCUT2D eigenvalue weighted by molar-refractivity contribution is -0.131. The number of hydrogen-bond donors (Lipinski definition) is 3. The predicted molar refractivity (Wildman–Crippen MR) is 172 cm³/mol. The number of fused-ring (bicyclic) bond motifs is 1. The van der Waals surface area contributed by atoms with Crippen LogP contribution in [-0.4, -0.2) is 49.6 Å². The van der Waals surface area contributed by atoms with Gasteiger partial charge < -0.3 is 25.0 Å². The summed E-state index contributed by atoms with van der Waals surface area (Å²) in [6.07, 6.45) is 14.2. The van der Waals surface area contributed by atoms with E-state index in [2.05, 4.69) is 25.2 Å². The number of nitrogens with one attached hydrogen (secondary N) is 2. The molecule has 2 fully saturated rings. The minimum atomic E-state index is -1.07. The Balaban J connectivity index is 1.26. The number of benzene rings is 2. The van der Waals surface area contributed by atoms with Crippen LogP contribution >= 0.6 is 0 Å². The number of aryl methyl sites for hydroxylation is 1. The van der Waals surface area contributed by atoms with Gasteiger partial charge in [0.25, 0.3) is 5.91 Å². The van der Waals surface area contributed by atoms with E-state index in [1.807, 2.05) is 32.2 Å². The van der Waals surface area contributed by atoms with E-state index < -0.39 is 11.5 Å². The molecule has 2 heterocycles. The van der Waals surface area contributed by atoms with E-state index in [-0.39, 0.29) is 11.8 Å². The molecule has 0 bridgehead atoms. The Morgan fingerprint density at radius 1 is 1.09 bits per heavy atom. The molecule has 0 unspecified atom stereocenters. The number of carboxylic acids is 1. The predicted octanol–water partition coefficient (Wildman–Crippen LogP) is 6.08. The number of nitrogens with zero attached hydrogens (tertiary/aromatic N) is 3. The molecular formula is C35H37N5O5. The SMILES string of the molecule is CCOc1cc(NC(=O)C2(NC(=O)c3ccc4c(C5CCCC5)c(-c5cnccn5)n(C)c4c3)CCC2)ccc1/C=C/C(=O)O. The second-order valence-corrected chi connectivity index (χ2v) is 11.8. The molecule has 2 aromatic carbocycles. The van der Waals surface area contributed by atoms with Gasteiger partial charge in [0, 0.05) is 59.3 Å². The van der Waals surface area contributed by atoms with Gasteiger partial charge in [0.1, 0.15) is 17.0 Å². The van der Waals surface area contributed by atoms with E-state index in [4.69, 9.17) is 9.84 Å². The normalized spacial score (nSPS) is 16.0. The molecule has 2 saturated carbocycles. The molecule has 10 heteroatoms. The monoisotopic (exact) mass is 607 g/mol. The first-order valence-corrected chi connectivity index (χ1v) is 15.5. The quantitative estimate of drug-likeness (QED) is 0.186. The lowest BCUT2D eigenvalue weighted by Gasteiger charge is -2.40. The lowest BCUT2D eigenvalue weighted by Crippen LogP contribution is -2.61. The number of aliphatic carboxylic acids is 1. The fourth-order valence-corrected chi connectivity index (χ4v) is 6.64. The Morgan fingerprint density at radius 2 is 1.89 bits per heavy atom. The minimum Gasteiger partial charge on any atom is -0.493 e. The van der Waals surface area contributed by atoms with Crippen LogP contribution in [0.25, 0.3) is 28.4 Å². The molecule has 0 saturated heterocycles. The van der Waals surface area contributed by atoms with Gasteiger partial charge >= 0.3 is 5.97 Å².